The summed E-state index contributed by atoms with van der Waals surface area (Å²) in [5.41, 5.74) is 2.51. The van der Waals surface area contributed by atoms with Gasteiger partial charge in [-0.1, -0.05) is 103 Å². The average Bonchev–Trinajstić information content (AvgIpc) is 2.72. The third-order valence-electron chi connectivity index (χ3n) is 5.56. The Morgan fingerprint density at radius 2 is 1.18 bits per heavy atom. The van der Waals surface area contributed by atoms with Crippen LogP contribution in [0.2, 0.25) is 0 Å². The van der Waals surface area contributed by atoms with Crippen molar-refractivity contribution in [1.82, 2.24) is 0 Å². The second-order valence-electron chi connectivity index (χ2n) is 8.22. The lowest BCUT2D eigenvalue weighted by Crippen LogP contribution is -2.01. The predicted octanol–water partition coefficient (Wildman–Crippen LogP) is 8.01. The van der Waals surface area contributed by atoms with Gasteiger partial charge in [-0.25, -0.2) is 0 Å². The molecule has 0 saturated carbocycles. The molecule has 1 aromatic rings. The van der Waals surface area contributed by atoms with Gasteiger partial charge >= 0.3 is 0 Å². The van der Waals surface area contributed by atoms with Crippen LogP contribution in [0.15, 0.2) is 24.3 Å². The molecule has 0 aliphatic carbocycles. The van der Waals surface area contributed by atoms with E-state index >= 15 is 0 Å². The van der Waals surface area contributed by atoms with Crippen molar-refractivity contribution >= 4 is 12.0 Å². The standard InChI is InChI=1S/C26H44NO/c1-2-3-4-5-6-7-8-9-10-11-12-13-14-16-23-27-26-21-19-25(20-22-26)18-15-17-24-28/h19-22,27H,2-18,23H2,1H3. The molecule has 1 aromatic carbocycles. The third-order valence-corrected chi connectivity index (χ3v) is 5.56. The van der Waals surface area contributed by atoms with Crippen molar-refractivity contribution in [1.29, 1.82) is 0 Å². The molecule has 0 heterocycles. The highest BCUT2D eigenvalue weighted by molar-refractivity contribution is 5.50. The fourth-order valence-corrected chi connectivity index (χ4v) is 3.71. The van der Waals surface area contributed by atoms with Gasteiger partial charge in [0.25, 0.3) is 0 Å². The topological polar surface area (TPSA) is 29.1 Å². The maximum absolute atomic E-state index is 10.2. The largest absolute Gasteiger partial charge is 0.385 e. The Hall–Kier alpha value is -1.31. The van der Waals surface area contributed by atoms with Crippen molar-refractivity contribution in [2.24, 2.45) is 0 Å². The van der Waals surface area contributed by atoms with Crippen LogP contribution in [0.5, 0.6) is 0 Å². The molecule has 0 unspecified atom stereocenters. The molecule has 0 saturated heterocycles. The van der Waals surface area contributed by atoms with E-state index in [9.17, 15) is 4.79 Å². The van der Waals surface area contributed by atoms with Gasteiger partial charge in [0.2, 0.25) is 0 Å². The molecule has 28 heavy (non-hydrogen) atoms. The van der Waals surface area contributed by atoms with Crippen LogP contribution >= 0.6 is 0 Å². The molecule has 0 bridgehead atoms. The molecule has 0 atom stereocenters. The van der Waals surface area contributed by atoms with E-state index in [2.05, 4.69) is 36.5 Å². The first-order valence-electron chi connectivity index (χ1n) is 12.0. The summed E-state index contributed by atoms with van der Waals surface area (Å²) < 4.78 is 0. The zero-order valence-corrected chi connectivity index (χ0v) is 18.4. The van der Waals surface area contributed by atoms with E-state index in [1.54, 1.807) is 0 Å². The summed E-state index contributed by atoms with van der Waals surface area (Å²) in [6.07, 6.45) is 24.1. The zero-order chi connectivity index (χ0) is 20.1. The van der Waals surface area contributed by atoms with Crippen LogP contribution in [0.1, 0.15) is 115 Å². The van der Waals surface area contributed by atoms with Gasteiger partial charge < -0.3 is 5.32 Å². The number of hydrogen-bond acceptors (Lipinski definition) is 2. The Morgan fingerprint density at radius 3 is 1.68 bits per heavy atom. The number of aryl methyl sites for hydroxylation is 1. The number of carbonyl (C=O) groups excluding carboxylic acids is 1. The minimum absolute atomic E-state index is 0.541. The maximum Gasteiger partial charge on any atom is 0.198 e. The van der Waals surface area contributed by atoms with Crippen LogP contribution in [0.4, 0.5) is 5.69 Å². The smallest absolute Gasteiger partial charge is 0.198 e. The molecule has 159 valence electrons. The van der Waals surface area contributed by atoms with E-state index in [1.165, 1.54) is 101 Å². The van der Waals surface area contributed by atoms with Crippen molar-refractivity contribution in [3.05, 3.63) is 29.8 Å². The van der Waals surface area contributed by atoms with E-state index in [0.29, 0.717) is 6.42 Å². The molecule has 0 aliphatic rings. The second kappa shape index (κ2) is 19.0. The molecule has 2 heteroatoms. The summed E-state index contributed by atoms with van der Waals surface area (Å²) in [6.45, 7) is 3.35. The number of unbranched alkanes of at least 4 members (excludes halogenated alkanes) is 14. The first kappa shape index (κ1) is 24.7. The lowest BCUT2D eigenvalue weighted by atomic mass is 10.0. The molecule has 0 spiro atoms. The molecule has 1 radical (unpaired) electrons. The fourth-order valence-electron chi connectivity index (χ4n) is 3.71. The summed E-state index contributed by atoms with van der Waals surface area (Å²) in [6, 6.07) is 8.64. The van der Waals surface area contributed by atoms with Crippen LogP contribution in [0.25, 0.3) is 0 Å². The zero-order valence-electron chi connectivity index (χ0n) is 18.4. The molecule has 1 N–H and O–H groups in total. The van der Waals surface area contributed by atoms with E-state index in [-0.39, 0.29) is 0 Å². The van der Waals surface area contributed by atoms with E-state index in [4.69, 9.17) is 0 Å². The molecule has 2 nitrogen and oxygen atoms in total. The number of hydrogen-bond donors (Lipinski definition) is 1. The summed E-state index contributed by atoms with van der Waals surface area (Å²) in [4.78, 5) is 10.2. The highest BCUT2D eigenvalue weighted by Crippen LogP contribution is 2.14. The molecule has 0 fully saturated rings. The first-order valence-corrected chi connectivity index (χ1v) is 12.0. The summed E-state index contributed by atoms with van der Waals surface area (Å²) in [5.74, 6) is 0. The van der Waals surface area contributed by atoms with Crippen molar-refractivity contribution in [2.45, 2.75) is 116 Å². The van der Waals surface area contributed by atoms with Crippen molar-refractivity contribution in [2.75, 3.05) is 11.9 Å². The molecule has 0 aromatic heterocycles. The number of anilines is 1. The van der Waals surface area contributed by atoms with E-state index in [1.807, 2.05) is 6.29 Å². The Labute approximate surface area is 174 Å². The van der Waals surface area contributed by atoms with Gasteiger partial charge in [-0.3, -0.25) is 4.79 Å². The van der Waals surface area contributed by atoms with Gasteiger partial charge in [-0.15, -0.1) is 0 Å². The quantitative estimate of drug-likeness (QED) is 0.230. The second-order valence-corrected chi connectivity index (χ2v) is 8.22. The monoisotopic (exact) mass is 386 g/mol. The van der Waals surface area contributed by atoms with Gasteiger partial charge in [0.1, 0.15) is 0 Å². The SMILES string of the molecule is CCCCCCCCCCCCCCCCNc1ccc(CCC[C]=O)cc1. The van der Waals surface area contributed by atoms with E-state index < -0.39 is 0 Å². The Morgan fingerprint density at radius 1 is 0.679 bits per heavy atom. The summed E-state index contributed by atoms with van der Waals surface area (Å²) >= 11 is 0. The fraction of sp³-hybridized carbons (Fsp3) is 0.731. The lowest BCUT2D eigenvalue weighted by Gasteiger charge is -2.07. The highest BCUT2D eigenvalue weighted by atomic mass is 16.1. The van der Waals surface area contributed by atoms with Crippen LogP contribution in [0, 0.1) is 0 Å². The van der Waals surface area contributed by atoms with Gasteiger partial charge in [0.05, 0.1) is 0 Å². The van der Waals surface area contributed by atoms with Gasteiger partial charge in [0.15, 0.2) is 6.29 Å². The molecular formula is C26H44NO. The first-order chi connectivity index (χ1) is 13.9. The Kier molecular flexibility index (Phi) is 16.8. The number of rotatable bonds is 20. The van der Waals surface area contributed by atoms with E-state index in [0.717, 1.165) is 19.4 Å². The van der Waals surface area contributed by atoms with Gasteiger partial charge in [-0.05, 0) is 37.0 Å². The highest BCUT2D eigenvalue weighted by Gasteiger charge is 1.97. The maximum atomic E-state index is 10.2. The molecule has 0 aliphatic heterocycles. The molecule has 1 rings (SSSR count). The van der Waals surface area contributed by atoms with Crippen molar-refractivity contribution < 1.29 is 4.79 Å². The third kappa shape index (κ3) is 14.7. The molecule has 0 amide bonds. The van der Waals surface area contributed by atoms with Gasteiger partial charge in [0, 0.05) is 18.7 Å². The van der Waals surface area contributed by atoms with Crippen LogP contribution in [0.3, 0.4) is 0 Å². The predicted molar refractivity (Wildman–Crippen MR) is 124 cm³/mol. The minimum atomic E-state index is 0.541. The van der Waals surface area contributed by atoms with Crippen molar-refractivity contribution in [3.8, 4) is 0 Å². The molecular weight excluding hydrogens is 342 g/mol. The van der Waals surface area contributed by atoms with Crippen molar-refractivity contribution in [3.63, 3.8) is 0 Å². The Balaban J connectivity index is 1.84. The van der Waals surface area contributed by atoms with Crippen LogP contribution in [-0.2, 0) is 11.2 Å². The summed E-state index contributed by atoms with van der Waals surface area (Å²) in [5, 5.41) is 3.52. The summed E-state index contributed by atoms with van der Waals surface area (Å²) in [7, 11) is 0. The van der Waals surface area contributed by atoms with Gasteiger partial charge in [-0.2, -0.15) is 0 Å². The van der Waals surface area contributed by atoms with Crippen LogP contribution in [-0.4, -0.2) is 12.8 Å². The average molecular weight is 387 g/mol. The Bertz CT molecular complexity index is 454. The lowest BCUT2D eigenvalue weighted by molar-refractivity contribution is 0.537. The number of benzene rings is 1. The van der Waals surface area contributed by atoms with Crippen LogP contribution < -0.4 is 5.32 Å². The normalized spacial score (nSPS) is 10.9. The minimum Gasteiger partial charge on any atom is -0.385 e. The number of nitrogens with one attached hydrogen (secondary N) is 1.